The molecule has 0 fully saturated rings. The summed E-state index contributed by atoms with van der Waals surface area (Å²) in [5.74, 6) is 0.214. The average Bonchev–Trinajstić information content (AvgIpc) is 3.49. The monoisotopic (exact) mass is 672 g/mol. The number of furan rings is 1. The highest BCUT2D eigenvalue weighted by atomic mass is 127. The van der Waals surface area contributed by atoms with Crippen LogP contribution in [-0.2, 0) is 26.2 Å². The van der Waals surface area contributed by atoms with Crippen LogP contribution in [0.15, 0.2) is 112 Å². The zero-order valence-corrected chi connectivity index (χ0v) is 24.0. The number of hydrogen-bond acceptors (Lipinski definition) is 7. The van der Waals surface area contributed by atoms with Gasteiger partial charge < -0.3 is 14.5 Å². The van der Waals surface area contributed by atoms with Crippen molar-refractivity contribution in [3.63, 3.8) is 0 Å². The van der Waals surface area contributed by atoms with Crippen molar-refractivity contribution in [2.45, 2.75) is 11.4 Å². The van der Waals surface area contributed by atoms with E-state index in [2.05, 4.69) is 38.4 Å². The largest absolute Gasteiger partial charge is 0.484 e. The van der Waals surface area contributed by atoms with Crippen LogP contribution in [0.2, 0.25) is 0 Å². The van der Waals surface area contributed by atoms with Crippen molar-refractivity contribution in [1.29, 1.82) is 0 Å². The standard InChI is InChI=1S/C28H25IN4O6S/c29-22-10-12-23(13-11-22)33(40(36,37)26-6-2-1-3-7-26)19-27(34)32-31-17-21-8-14-24(15-9-21)39-20-28(35)30-18-25-5-4-16-38-25/h1-17H,18-20H2,(H,30,35)(H,32,34)/b31-17-. The van der Waals surface area contributed by atoms with Gasteiger partial charge >= 0.3 is 0 Å². The number of hydrazone groups is 1. The van der Waals surface area contributed by atoms with Crippen LogP contribution >= 0.6 is 22.6 Å². The van der Waals surface area contributed by atoms with Gasteiger partial charge in [0.05, 0.1) is 29.6 Å². The second-order valence-corrected chi connectivity index (χ2v) is 11.4. The predicted octanol–water partition coefficient (Wildman–Crippen LogP) is 3.93. The average molecular weight is 673 g/mol. The first-order valence-electron chi connectivity index (χ1n) is 12.0. The van der Waals surface area contributed by atoms with E-state index in [0.29, 0.717) is 22.8 Å². The number of rotatable bonds is 12. The summed E-state index contributed by atoms with van der Waals surface area (Å²) in [5, 5.41) is 6.64. The molecule has 1 heterocycles. The number of amides is 2. The Labute approximate surface area is 245 Å². The third-order valence-electron chi connectivity index (χ3n) is 5.43. The van der Waals surface area contributed by atoms with E-state index in [1.165, 1.54) is 24.6 Å². The molecule has 0 aliphatic carbocycles. The van der Waals surface area contributed by atoms with Crippen LogP contribution < -0.4 is 19.8 Å². The molecule has 0 saturated carbocycles. The van der Waals surface area contributed by atoms with E-state index in [1.54, 1.807) is 78.9 Å². The molecule has 10 nitrogen and oxygen atoms in total. The van der Waals surface area contributed by atoms with E-state index in [0.717, 1.165) is 7.88 Å². The molecule has 3 aromatic carbocycles. The number of nitrogens with one attached hydrogen (secondary N) is 2. The van der Waals surface area contributed by atoms with Gasteiger partial charge in [-0.25, -0.2) is 13.8 Å². The minimum absolute atomic E-state index is 0.0714. The topological polar surface area (TPSA) is 130 Å². The number of benzene rings is 3. The van der Waals surface area contributed by atoms with Gasteiger partial charge in [0.25, 0.3) is 21.8 Å². The fourth-order valence-electron chi connectivity index (χ4n) is 3.44. The molecule has 0 aliphatic rings. The Balaban J connectivity index is 1.32. The number of anilines is 1. The van der Waals surface area contributed by atoms with Crippen molar-refractivity contribution in [1.82, 2.24) is 10.7 Å². The van der Waals surface area contributed by atoms with E-state index < -0.39 is 22.5 Å². The highest BCUT2D eigenvalue weighted by Gasteiger charge is 2.27. The molecule has 4 rings (SSSR count). The summed E-state index contributed by atoms with van der Waals surface area (Å²) in [6.07, 6.45) is 2.95. The predicted molar refractivity (Wildman–Crippen MR) is 158 cm³/mol. The molecule has 12 heteroatoms. The van der Waals surface area contributed by atoms with Crippen LogP contribution in [0.25, 0.3) is 0 Å². The van der Waals surface area contributed by atoms with Gasteiger partial charge in [0.15, 0.2) is 6.61 Å². The number of carbonyl (C=O) groups excluding carboxylic acids is 2. The smallest absolute Gasteiger partial charge is 0.264 e. The lowest BCUT2D eigenvalue weighted by Gasteiger charge is -2.23. The van der Waals surface area contributed by atoms with Gasteiger partial charge in [0.2, 0.25) is 0 Å². The number of hydrogen-bond donors (Lipinski definition) is 2. The summed E-state index contributed by atoms with van der Waals surface area (Å²) in [6, 6.07) is 25.0. The third kappa shape index (κ3) is 8.16. The maximum absolute atomic E-state index is 13.3. The van der Waals surface area contributed by atoms with E-state index >= 15 is 0 Å². The summed E-state index contributed by atoms with van der Waals surface area (Å²) >= 11 is 2.12. The summed E-state index contributed by atoms with van der Waals surface area (Å²) in [5.41, 5.74) is 3.39. The molecule has 1 aromatic heterocycles. The number of carbonyl (C=O) groups is 2. The fourth-order valence-corrected chi connectivity index (χ4v) is 5.24. The van der Waals surface area contributed by atoms with Crippen molar-refractivity contribution < 1.29 is 27.2 Å². The highest BCUT2D eigenvalue weighted by Crippen LogP contribution is 2.24. The molecular formula is C28H25IN4O6S. The van der Waals surface area contributed by atoms with Gasteiger partial charge in [-0.1, -0.05) is 18.2 Å². The summed E-state index contributed by atoms with van der Waals surface area (Å²) in [6.45, 7) is -0.353. The highest BCUT2D eigenvalue weighted by molar-refractivity contribution is 14.1. The lowest BCUT2D eigenvalue weighted by Crippen LogP contribution is -2.39. The van der Waals surface area contributed by atoms with Crippen molar-refractivity contribution in [2.24, 2.45) is 5.10 Å². The molecule has 0 aliphatic heterocycles. The third-order valence-corrected chi connectivity index (χ3v) is 7.93. The van der Waals surface area contributed by atoms with Crippen molar-refractivity contribution in [3.05, 3.63) is 112 Å². The molecule has 0 radical (unpaired) electrons. The molecule has 2 amide bonds. The van der Waals surface area contributed by atoms with E-state index in [4.69, 9.17) is 9.15 Å². The van der Waals surface area contributed by atoms with Crippen LogP contribution in [0.4, 0.5) is 5.69 Å². The first-order valence-corrected chi connectivity index (χ1v) is 14.5. The second-order valence-electron chi connectivity index (χ2n) is 8.31. The van der Waals surface area contributed by atoms with Crippen molar-refractivity contribution >= 4 is 56.3 Å². The second kappa shape index (κ2) is 13.8. The quantitative estimate of drug-likeness (QED) is 0.133. The molecule has 0 unspecified atom stereocenters. The molecule has 0 saturated heterocycles. The van der Waals surface area contributed by atoms with Gasteiger partial charge in [-0.2, -0.15) is 5.10 Å². The molecule has 0 bridgehead atoms. The zero-order valence-electron chi connectivity index (χ0n) is 21.1. The minimum atomic E-state index is -4.00. The van der Waals surface area contributed by atoms with Crippen molar-refractivity contribution in [2.75, 3.05) is 17.5 Å². The number of ether oxygens (including phenoxy) is 1. The molecule has 2 N–H and O–H groups in total. The first kappa shape index (κ1) is 28.8. The van der Waals surface area contributed by atoms with Gasteiger partial charge in [-0.3, -0.25) is 13.9 Å². The van der Waals surface area contributed by atoms with Crippen LogP contribution in [0, 0.1) is 3.57 Å². The number of halogens is 1. The Kier molecular flexibility index (Phi) is 9.91. The Morgan fingerprint density at radius 2 is 1.65 bits per heavy atom. The van der Waals surface area contributed by atoms with Gasteiger partial charge in [0, 0.05) is 3.57 Å². The Morgan fingerprint density at radius 1 is 0.925 bits per heavy atom. The molecule has 0 atom stereocenters. The molecular weight excluding hydrogens is 647 g/mol. The van der Waals surface area contributed by atoms with E-state index in [9.17, 15) is 18.0 Å². The normalized spacial score (nSPS) is 11.2. The Hall–Kier alpha value is -4.17. The molecule has 206 valence electrons. The molecule has 0 spiro atoms. The summed E-state index contributed by atoms with van der Waals surface area (Å²) < 4.78 is 39.3. The van der Waals surface area contributed by atoms with E-state index in [1.807, 2.05) is 0 Å². The zero-order chi connectivity index (χ0) is 28.4. The fraction of sp³-hybridized carbons (Fsp3) is 0.107. The van der Waals surface area contributed by atoms with E-state index in [-0.39, 0.29) is 24.0 Å². The molecule has 40 heavy (non-hydrogen) atoms. The lowest BCUT2D eigenvalue weighted by molar-refractivity contribution is -0.123. The minimum Gasteiger partial charge on any atom is -0.484 e. The maximum Gasteiger partial charge on any atom is 0.264 e. The summed E-state index contributed by atoms with van der Waals surface area (Å²) in [4.78, 5) is 24.7. The SMILES string of the molecule is O=C(COc1ccc(/C=N\NC(=O)CN(c2ccc(I)cc2)S(=O)(=O)c2ccccc2)cc1)NCc1ccco1. The Morgan fingerprint density at radius 3 is 2.33 bits per heavy atom. The molecule has 4 aromatic rings. The van der Waals surface area contributed by atoms with Gasteiger partial charge in [0.1, 0.15) is 18.1 Å². The summed E-state index contributed by atoms with van der Waals surface area (Å²) in [7, 11) is -4.00. The van der Waals surface area contributed by atoms with Crippen LogP contribution in [-0.4, -0.2) is 39.6 Å². The van der Waals surface area contributed by atoms with Crippen LogP contribution in [0.1, 0.15) is 11.3 Å². The number of nitrogens with zero attached hydrogens (tertiary/aromatic N) is 2. The lowest BCUT2D eigenvalue weighted by atomic mass is 10.2. The van der Waals surface area contributed by atoms with Crippen molar-refractivity contribution in [3.8, 4) is 5.75 Å². The van der Waals surface area contributed by atoms with Crippen LogP contribution in [0.5, 0.6) is 5.75 Å². The van der Waals surface area contributed by atoms with Gasteiger partial charge in [-0.05, 0) is 101 Å². The number of sulfonamides is 1. The first-order chi connectivity index (χ1) is 19.3. The van der Waals surface area contributed by atoms with Gasteiger partial charge in [-0.15, -0.1) is 0 Å². The maximum atomic E-state index is 13.3. The Bertz CT molecular complexity index is 1540. The van der Waals surface area contributed by atoms with Crippen LogP contribution in [0.3, 0.4) is 0 Å².